The van der Waals surface area contributed by atoms with Gasteiger partial charge in [-0.1, -0.05) is 51.6 Å². The van der Waals surface area contributed by atoms with E-state index in [2.05, 4.69) is 13.1 Å². The van der Waals surface area contributed by atoms with Gasteiger partial charge in [0.2, 0.25) is 5.79 Å². The zero-order valence-electron chi connectivity index (χ0n) is 24.9. The first-order valence-electron chi connectivity index (χ1n) is 14.9. The number of hydrogen-bond acceptors (Lipinski definition) is 6. The van der Waals surface area contributed by atoms with Crippen LogP contribution in [-0.4, -0.2) is 94.7 Å². The van der Waals surface area contributed by atoms with Crippen molar-refractivity contribution in [2.75, 3.05) is 68.3 Å². The van der Waals surface area contributed by atoms with Crippen LogP contribution in [0.2, 0.25) is 18.6 Å². The Labute approximate surface area is 280 Å². The van der Waals surface area contributed by atoms with Gasteiger partial charge in [0, 0.05) is 62.5 Å². The van der Waals surface area contributed by atoms with Gasteiger partial charge in [0.15, 0.2) is 5.78 Å². The summed E-state index contributed by atoms with van der Waals surface area (Å²) in [5.74, 6) is -0.402. The summed E-state index contributed by atoms with van der Waals surface area (Å²) in [5, 5.41) is 0. The molecule has 0 aliphatic carbocycles. The Morgan fingerprint density at radius 3 is 1.29 bits per heavy atom. The highest BCUT2D eigenvalue weighted by molar-refractivity contribution is 6.62. The molecule has 0 heterocycles. The van der Waals surface area contributed by atoms with Gasteiger partial charge >= 0.3 is 0 Å². The molecule has 41 heavy (non-hydrogen) atoms. The fraction of sp³-hybridized carbons (Fsp3) is 0.964. The van der Waals surface area contributed by atoms with E-state index in [9.17, 15) is 4.79 Å². The van der Waals surface area contributed by atoms with Crippen molar-refractivity contribution in [2.24, 2.45) is 0 Å². The third-order valence-electron chi connectivity index (χ3n) is 6.70. The molecular weight excluding hydrogens is 673 g/mol. The fourth-order valence-corrected chi connectivity index (χ4v) is 7.23. The molecular formula is C28H52Cl6O6Si. The van der Waals surface area contributed by atoms with Crippen LogP contribution >= 0.6 is 69.6 Å². The molecule has 0 aromatic rings. The summed E-state index contributed by atoms with van der Waals surface area (Å²) in [6.45, 7) is 5.77. The Kier molecular flexibility index (Phi) is 28.7. The number of unbranched alkanes of at least 4 members (excludes halogenated alkanes) is 7. The van der Waals surface area contributed by atoms with Crippen LogP contribution in [0.4, 0.5) is 0 Å². The summed E-state index contributed by atoms with van der Waals surface area (Å²) in [7, 11) is -1.33. The van der Waals surface area contributed by atoms with Gasteiger partial charge in [0.05, 0.1) is 33.0 Å². The summed E-state index contributed by atoms with van der Waals surface area (Å²) in [6.07, 6.45) is 9.82. The van der Waals surface area contributed by atoms with E-state index in [4.69, 9.17) is 93.3 Å². The van der Waals surface area contributed by atoms with Gasteiger partial charge in [-0.2, -0.15) is 0 Å². The number of carbonyl (C=O) groups is 1. The maximum absolute atomic E-state index is 13.7. The topological polar surface area (TPSA) is 63.2 Å². The van der Waals surface area contributed by atoms with Crippen molar-refractivity contribution in [3.05, 3.63) is 0 Å². The van der Waals surface area contributed by atoms with Gasteiger partial charge in [-0.05, 0) is 19.3 Å². The first kappa shape index (κ1) is 42.4. The molecule has 13 heteroatoms. The Morgan fingerprint density at radius 1 is 0.561 bits per heavy atom. The Balaban J connectivity index is 4.76. The highest BCUT2D eigenvalue weighted by atomic mass is 35.5. The minimum Gasteiger partial charge on any atom is -0.342 e. The number of halogens is 6. The molecule has 0 fully saturated rings. The molecule has 0 aromatic heterocycles. The van der Waals surface area contributed by atoms with Crippen LogP contribution in [0, 0.1) is 0 Å². The molecule has 0 radical (unpaired) electrons. The average molecular weight is 726 g/mol. The molecule has 0 aliphatic heterocycles. The minimum atomic E-state index is -1.33. The number of carbonyl (C=O) groups excluding carboxylic acids is 1. The van der Waals surface area contributed by atoms with E-state index in [1.807, 2.05) is 0 Å². The molecule has 0 amide bonds. The van der Waals surface area contributed by atoms with Crippen molar-refractivity contribution >= 4 is 84.2 Å². The van der Waals surface area contributed by atoms with Crippen molar-refractivity contribution in [1.82, 2.24) is 0 Å². The minimum absolute atomic E-state index is 0.00575. The zero-order valence-corrected chi connectivity index (χ0v) is 30.6. The monoisotopic (exact) mass is 722 g/mol. The van der Waals surface area contributed by atoms with Gasteiger partial charge in [-0.3, -0.25) is 4.79 Å². The summed E-state index contributed by atoms with van der Waals surface area (Å²) in [6, 6.07) is 0. The Morgan fingerprint density at radius 2 is 0.927 bits per heavy atom. The fourth-order valence-electron chi connectivity index (χ4n) is 4.71. The summed E-state index contributed by atoms with van der Waals surface area (Å²) in [4.78, 5) is 13.7. The van der Waals surface area contributed by atoms with Crippen LogP contribution in [0.5, 0.6) is 0 Å². The molecule has 0 spiro atoms. The maximum atomic E-state index is 13.7. The summed E-state index contributed by atoms with van der Waals surface area (Å²) >= 11 is 35.4. The Hall–Kier alpha value is 1.43. The molecule has 0 N–H and O–H groups in total. The van der Waals surface area contributed by atoms with Crippen molar-refractivity contribution < 1.29 is 28.5 Å². The molecule has 1 atom stereocenters. The van der Waals surface area contributed by atoms with E-state index in [1.54, 1.807) is 0 Å². The largest absolute Gasteiger partial charge is 0.342 e. The van der Waals surface area contributed by atoms with Gasteiger partial charge in [0.1, 0.15) is 0 Å². The second kappa shape index (κ2) is 27.7. The highest BCUT2D eigenvalue weighted by Gasteiger charge is 2.44. The second-order valence-electron chi connectivity index (χ2n) is 10.1. The molecule has 0 aromatic carbocycles. The van der Waals surface area contributed by atoms with Crippen molar-refractivity contribution in [3.63, 3.8) is 0 Å². The second-order valence-corrected chi connectivity index (χ2v) is 15.7. The first-order chi connectivity index (χ1) is 19.8. The molecule has 0 saturated heterocycles. The standard InChI is InChI=1S/C28H52Cl6O6Si/c1-41(2)25(11-14-29)26(35)27(36-20-15-30,37-21-16-31)12-9-7-5-3-4-6-8-10-13-28(38-22-17-32,39-23-18-33)40-24-19-34/h25,41H,3-24H2,1-2H3. The molecule has 0 rings (SSSR count). The predicted molar refractivity (Wildman–Crippen MR) is 178 cm³/mol. The van der Waals surface area contributed by atoms with Crippen LogP contribution in [0.25, 0.3) is 0 Å². The van der Waals surface area contributed by atoms with Crippen LogP contribution in [0.3, 0.4) is 0 Å². The van der Waals surface area contributed by atoms with E-state index in [0.717, 1.165) is 51.4 Å². The van der Waals surface area contributed by atoms with Crippen LogP contribution in [0.15, 0.2) is 0 Å². The Bertz CT molecular complexity index is 593. The van der Waals surface area contributed by atoms with E-state index in [0.29, 0.717) is 62.6 Å². The van der Waals surface area contributed by atoms with Crippen molar-refractivity contribution in [1.29, 1.82) is 0 Å². The lowest BCUT2D eigenvalue weighted by Gasteiger charge is -2.36. The normalized spacial score (nSPS) is 13.3. The van der Waals surface area contributed by atoms with Gasteiger partial charge in [-0.15, -0.1) is 69.6 Å². The van der Waals surface area contributed by atoms with Crippen LogP contribution < -0.4 is 0 Å². The molecule has 6 nitrogen and oxygen atoms in total. The number of alkyl halides is 6. The van der Waals surface area contributed by atoms with E-state index in [1.165, 1.54) is 0 Å². The quantitative estimate of drug-likeness (QED) is 0.0309. The maximum Gasteiger partial charge on any atom is 0.282 e. The lowest BCUT2D eigenvalue weighted by Crippen LogP contribution is -2.49. The lowest BCUT2D eigenvalue weighted by molar-refractivity contribution is -0.379. The van der Waals surface area contributed by atoms with Crippen molar-refractivity contribution in [2.45, 2.75) is 101 Å². The highest BCUT2D eigenvalue weighted by Crippen LogP contribution is 2.33. The van der Waals surface area contributed by atoms with E-state index >= 15 is 0 Å². The molecule has 246 valence electrons. The van der Waals surface area contributed by atoms with Crippen molar-refractivity contribution in [3.8, 4) is 0 Å². The third kappa shape index (κ3) is 18.9. The van der Waals surface area contributed by atoms with E-state index in [-0.39, 0.29) is 36.3 Å². The van der Waals surface area contributed by atoms with Gasteiger partial charge in [0.25, 0.3) is 5.97 Å². The molecule has 0 bridgehead atoms. The van der Waals surface area contributed by atoms with Gasteiger partial charge < -0.3 is 23.7 Å². The molecule has 0 saturated carbocycles. The number of Topliss-reactive ketones (excluding diaryl/α,β-unsaturated/α-hetero) is 1. The number of ketones is 1. The zero-order chi connectivity index (χ0) is 30.8. The SMILES string of the molecule is C[SiH](C)C(CCCl)C(=O)C(CCCCCCCCCCC(OCCCl)(OCCCl)OCCCl)(OCCCl)OCCCl. The first-order valence-corrected chi connectivity index (χ1v) is 21.1. The molecule has 1 unspecified atom stereocenters. The van der Waals surface area contributed by atoms with Crippen LogP contribution in [0.1, 0.15) is 70.6 Å². The number of hydrogen-bond donors (Lipinski definition) is 0. The smallest absolute Gasteiger partial charge is 0.282 e. The summed E-state index contributed by atoms with van der Waals surface area (Å²) in [5.41, 5.74) is -0.113. The molecule has 0 aliphatic rings. The predicted octanol–water partition coefficient (Wildman–Crippen LogP) is 8.57. The number of ether oxygens (including phenoxy) is 5. The summed E-state index contributed by atoms with van der Waals surface area (Å²) < 4.78 is 29.6. The number of rotatable bonds is 31. The van der Waals surface area contributed by atoms with Crippen LogP contribution in [-0.2, 0) is 28.5 Å². The van der Waals surface area contributed by atoms with Gasteiger partial charge in [-0.25, -0.2) is 0 Å². The lowest BCUT2D eigenvalue weighted by atomic mass is 9.98. The van der Waals surface area contributed by atoms with E-state index < -0.39 is 20.6 Å². The average Bonchev–Trinajstić information content (AvgIpc) is 2.97. The third-order valence-corrected chi connectivity index (χ3v) is 9.93.